The van der Waals surface area contributed by atoms with Crippen molar-refractivity contribution in [1.82, 2.24) is 4.98 Å². The maximum absolute atomic E-state index is 11.0. The highest BCUT2D eigenvalue weighted by molar-refractivity contribution is 6.04. The number of carboxylic acids is 1. The first-order chi connectivity index (χ1) is 7.09. The van der Waals surface area contributed by atoms with Crippen molar-refractivity contribution in [3.63, 3.8) is 0 Å². The number of benzene rings is 1. The topological polar surface area (TPSA) is 70.4 Å². The van der Waals surface area contributed by atoms with Gasteiger partial charge in [-0.3, -0.25) is 4.98 Å². The fourth-order valence-electron chi connectivity index (χ4n) is 1.52. The average molecular weight is 203 g/mol. The number of rotatable bonds is 1. The molecule has 0 spiro atoms. The molecular weight excluding hydrogens is 194 g/mol. The minimum absolute atomic E-state index is 0.0938. The molecule has 1 aromatic heterocycles. The summed E-state index contributed by atoms with van der Waals surface area (Å²) in [6.07, 6.45) is 1.15. The van der Waals surface area contributed by atoms with E-state index in [1.807, 2.05) is 13.0 Å². The first kappa shape index (κ1) is 9.45. The minimum Gasteiger partial charge on any atom is -0.505 e. The number of nitrogens with zero attached hydrogens (tertiary/aromatic N) is 1. The van der Waals surface area contributed by atoms with Crippen LogP contribution < -0.4 is 0 Å². The second-order valence-corrected chi connectivity index (χ2v) is 3.34. The second kappa shape index (κ2) is 3.24. The van der Waals surface area contributed by atoms with E-state index >= 15 is 0 Å². The number of hydrogen-bond donors (Lipinski definition) is 2. The van der Waals surface area contributed by atoms with Gasteiger partial charge in [-0.25, -0.2) is 4.79 Å². The molecule has 4 nitrogen and oxygen atoms in total. The Morgan fingerprint density at radius 1 is 1.40 bits per heavy atom. The largest absolute Gasteiger partial charge is 0.505 e. The van der Waals surface area contributed by atoms with Gasteiger partial charge in [0, 0.05) is 5.39 Å². The Hall–Kier alpha value is -2.10. The SMILES string of the molecule is Cc1ccc2ncc(O)c(C(=O)O)c2c1. The summed E-state index contributed by atoms with van der Waals surface area (Å²) in [5.41, 5.74) is 1.40. The first-order valence-corrected chi connectivity index (χ1v) is 4.41. The van der Waals surface area contributed by atoms with Crippen LogP contribution in [0.1, 0.15) is 15.9 Å². The normalized spacial score (nSPS) is 10.5. The van der Waals surface area contributed by atoms with Crippen molar-refractivity contribution in [1.29, 1.82) is 0 Å². The molecule has 0 fully saturated rings. The van der Waals surface area contributed by atoms with Crippen LogP contribution in [-0.2, 0) is 0 Å². The lowest BCUT2D eigenvalue weighted by atomic mass is 10.1. The number of fused-ring (bicyclic) bond motifs is 1. The van der Waals surface area contributed by atoms with Crippen LogP contribution >= 0.6 is 0 Å². The zero-order chi connectivity index (χ0) is 11.0. The van der Waals surface area contributed by atoms with Gasteiger partial charge in [-0.1, -0.05) is 11.6 Å². The van der Waals surface area contributed by atoms with E-state index in [-0.39, 0.29) is 11.3 Å². The van der Waals surface area contributed by atoms with E-state index in [4.69, 9.17) is 5.11 Å². The number of aromatic hydroxyl groups is 1. The molecule has 4 heteroatoms. The molecule has 15 heavy (non-hydrogen) atoms. The lowest BCUT2D eigenvalue weighted by Gasteiger charge is -2.04. The number of hydrogen-bond acceptors (Lipinski definition) is 3. The van der Waals surface area contributed by atoms with Crippen LogP contribution in [0, 0.1) is 6.92 Å². The summed E-state index contributed by atoms with van der Waals surface area (Å²) >= 11 is 0. The molecule has 0 amide bonds. The van der Waals surface area contributed by atoms with Crippen LogP contribution in [0.5, 0.6) is 5.75 Å². The van der Waals surface area contributed by atoms with Crippen molar-refractivity contribution in [3.8, 4) is 5.75 Å². The molecule has 1 aromatic carbocycles. The Bertz CT molecular complexity index is 544. The Balaban J connectivity index is 2.90. The van der Waals surface area contributed by atoms with Crippen LogP contribution in [0.2, 0.25) is 0 Å². The van der Waals surface area contributed by atoms with Crippen molar-refractivity contribution in [2.24, 2.45) is 0 Å². The summed E-state index contributed by atoms with van der Waals surface area (Å²) in [5.74, 6) is -1.45. The van der Waals surface area contributed by atoms with Crippen molar-refractivity contribution in [2.45, 2.75) is 6.92 Å². The maximum atomic E-state index is 11.0. The number of aromatic carboxylic acids is 1. The smallest absolute Gasteiger partial charge is 0.340 e. The standard InChI is InChI=1S/C11H9NO3/c1-6-2-3-8-7(4-6)10(11(14)15)9(13)5-12-8/h2-5,13H,1H3,(H,14,15). The summed E-state index contributed by atoms with van der Waals surface area (Å²) in [4.78, 5) is 14.9. The highest BCUT2D eigenvalue weighted by Crippen LogP contribution is 2.25. The third-order valence-electron chi connectivity index (χ3n) is 2.22. The number of carboxylic acid groups (broad SMARTS) is 1. The number of aromatic nitrogens is 1. The molecule has 76 valence electrons. The molecule has 2 N–H and O–H groups in total. The van der Waals surface area contributed by atoms with Crippen LogP contribution in [-0.4, -0.2) is 21.2 Å². The zero-order valence-electron chi connectivity index (χ0n) is 8.06. The van der Waals surface area contributed by atoms with Gasteiger partial charge in [0.25, 0.3) is 0 Å². The molecule has 0 bridgehead atoms. The summed E-state index contributed by atoms with van der Waals surface area (Å²) in [6, 6.07) is 5.28. The van der Waals surface area contributed by atoms with Gasteiger partial charge in [0.1, 0.15) is 11.3 Å². The van der Waals surface area contributed by atoms with Gasteiger partial charge >= 0.3 is 5.97 Å². The number of pyridine rings is 1. The quantitative estimate of drug-likeness (QED) is 0.743. The molecule has 0 aliphatic rings. The van der Waals surface area contributed by atoms with Crippen LogP contribution in [0.25, 0.3) is 10.9 Å². The van der Waals surface area contributed by atoms with E-state index in [1.54, 1.807) is 12.1 Å². The van der Waals surface area contributed by atoms with Crippen molar-refractivity contribution in [2.75, 3.05) is 0 Å². The van der Waals surface area contributed by atoms with Gasteiger partial charge in [-0.2, -0.15) is 0 Å². The van der Waals surface area contributed by atoms with Gasteiger partial charge in [0.15, 0.2) is 0 Å². The molecule has 0 aliphatic carbocycles. The molecule has 2 rings (SSSR count). The predicted molar refractivity (Wildman–Crippen MR) is 55.1 cm³/mol. The van der Waals surface area contributed by atoms with Crippen molar-refractivity contribution >= 4 is 16.9 Å². The third kappa shape index (κ3) is 1.50. The molecular formula is C11H9NO3. The van der Waals surface area contributed by atoms with E-state index in [0.717, 1.165) is 11.8 Å². The average Bonchev–Trinajstić information content (AvgIpc) is 2.16. The van der Waals surface area contributed by atoms with E-state index in [1.165, 1.54) is 0 Å². The highest BCUT2D eigenvalue weighted by atomic mass is 16.4. The molecule has 0 saturated heterocycles. The van der Waals surface area contributed by atoms with Gasteiger partial charge in [-0.05, 0) is 19.1 Å². The van der Waals surface area contributed by atoms with Gasteiger partial charge in [-0.15, -0.1) is 0 Å². The zero-order valence-corrected chi connectivity index (χ0v) is 8.06. The summed E-state index contributed by atoms with van der Waals surface area (Å²) in [7, 11) is 0. The second-order valence-electron chi connectivity index (χ2n) is 3.34. The Morgan fingerprint density at radius 2 is 2.13 bits per heavy atom. The highest BCUT2D eigenvalue weighted by Gasteiger charge is 2.14. The van der Waals surface area contributed by atoms with Crippen LogP contribution in [0.4, 0.5) is 0 Å². The minimum atomic E-state index is -1.15. The van der Waals surface area contributed by atoms with Gasteiger partial charge < -0.3 is 10.2 Å². The van der Waals surface area contributed by atoms with Gasteiger partial charge in [0.05, 0.1) is 11.7 Å². The Kier molecular flexibility index (Phi) is 2.04. The van der Waals surface area contributed by atoms with E-state index in [9.17, 15) is 9.90 Å². The lowest BCUT2D eigenvalue weighted by Crippen LogP contribution is -1.99. The van der Waals surface area contributed by atoms with E-state index in [2.05, 4.69) is 4.98 Å². The summed E-state index contributed by atoms with van der Waals surface area (Å²) in [6.45, 7) is 1.86. The summed E-state index contributed by atoms with van der Waals surface area (Å²) in [5, 5.41) is 18.9. The Morgan fingerprint density at radius 3 is 2.80 bits per heavy atom. The number of carbonyl (C=O) groups is 1. The van der Waals surface area contributed by atoms with E-state index in [0.29, 0.717) is 10.9 Å². The molecule has 0 aliphatic heterocycles. The fraction of sp³-hybridized carbons (Fsp3) is 0.0909. The fourth-order valence-corrected chi connectivity index (χ4v) is 1.52. The van der Waals surface area contributed by atoms with Crippen molar-refractivity contribution in [3.05, 3.63) is 35.5 Å². The molecule has 1 heterocycles. The molecule has 0 radical (unpaired) electrons. The Labute approximate surface area is 85.8 Å². The molecule has 0 unspecified atom stereocenters. The van der Waals surface area contributed by atoms with Crippen LogP contribution in [0.3, 0.4) is 0 Å². The first-order valence-electron chi connectivity index (χ1n) is 4.41. The van der Waals surface area contributed by atoms with Crippen molar-refractivity contribution < 1.29 is 15.0 Å². The molecule has 2 aromatic rings. The maximum Gasteiger partial charge on any atom is 0.340 e. The van der Waals surface area contributed by atoms with Crippen LogP contribution in [0.15, 0.2) is 24.4 Å². The lowest BCUT2D eigenvalue weighted by molar-refractivity contribution is 0.0696. The molecule has 0 saturated carbocycles. The predicted octanol–water partition coefficient (Wildman–Crippen LogP) is 1.95. The molecule has 0 atom stereocenters. The van der Waals surface area contributed by atoms with Gasteiger partial charge in [0.2, 0.25) is 0 Å². The third-order valence-corrected chi connectivity index (χ3v) is 2.22. The number of aryl methyl sites for hydroxylation is 1. The monoisotopic (exact) mass is 203 g/mol. The van der Waals surface area contributed by atoms with E-state index < -0.39 is 5.97 Å². The summed E-state index contributed by atoms with van der Waals surface area (Å²) < 4.78 is 0.